The van der Waals surface area contributed by atoms with Crippen LogP contribution in [0.4, 0.5) is 0 Å². The van der Waals surface area contributed by atoms with Crippen LogP contribution in [0.3, 0.4) is 0 Å². The highest BCUT2D eigenvalue weighted by Crippen LogP contribution is 2.52. The fourth-order valence-corrected chi connectivity index (χ4v) is 5.56. The molecule has 0 saturated heterocycles. The first-order valence-corrected chi connectivity index (χ1v) is 11.2. The van der Waals surface area contributed by atoms with E-state index in [1.54, 1.807) is 61.5 Å². The Balaban J connectivity index is 2.23. The number of ether oxygens (including phenoxy) is 1. The van der Waals surface area contributed by atoms with Crippen LogP contribution >= 0.6 is 7.37 Å². The Kier molecular flexibility index (Phi) is 8.14. The molecule has 0 aromatic heterocycles. The number of carbonyl (C=O) groups excluding carboxylic acids is 1. The molecule has 0 aliphatic heterocycles. The quantitative estimate of drug-likeness (QED) is 0.399. The molecule has 0 aliphatic carbocycles. The molecule has 0 fully saturated rings. The summed E-state index contributed by atoms with van der Waals surface area (Å²) in [5.74, 6) is -3.96. The van der Waals surface area contributed by atoms with Crippen molar-refractivity contribution in [1.29, 1.82) is 0 Å². The van der Waals surface area contributed by atoms with Gasteiger partial charge in [-0.1, -0.05) is 67.6 Å². The van der Waals surface area contributed by atoms with Crippen LogP contribution in [0.1, 0.15) is 24.0 Å². The number of nitrogens with two attached hydrogens (primary N) is 1. The molecule has 8 heteroatoms. The van der Waals surface area contributed by atoms with Gasteiger partial charge in [-0.05, 0) is 23.6 Å². The highest BCUT2D eigenvalue weighted by atomic mass is 31.2. The average molecular weight is 419 g/mol. The summed E-state index contributed by atoms with van der Waals surface area (Å²) in [7, 11) is -4.26. The summed E-state index contributed by atoms with van der Waals surface area (Å²) in [5.41, 5.74) is 5.39. The molecule has 7 nitrogen and oxygen atoms in total. The first-order chi connectivity index (χ1) is 13.8. The van der Waals surface area contributed by atoms with Crippen molar-refractivity contribution in [2.75, 3.05) is 12.7 Å². The molecule has 4 atom stereocenters. The van der Waals surface area contributed by atoms with E-state index >= 15 is 0 Å². The highest BCUT2D eigenvalue weighted by Gasteiger charge is 2.44. The number of carboxylic acids is 1. The summed E-state index contributed by atoms with van der Waals surface area (Å²) < 4.78 is 18.5. The van der Waals surface area contributed by atoms with Crippen LogP contribution < -0.4 is 5.73 Å². The summed E-state index contributed by atoms with van der Waals surface area (Å²) in [4.78, 5) is 35.2. The topological polar surface area (TPSA) is 127 Å². The Hall–Kier alpha value is -2.47. The van der Waals surface area contributed by atoms with Crippen LogP contribution in [0.2, 0.25) is 0 Å². The van der Waals surface area contributed by atoms with Crippen LogP contribution in [0.5, 0.6) is 0 Å². The van der Waals surface area contributed by atoms with Crippen molar-refractivity contribution in [2.24, 2.45) is 11.7 Å². The number of hydrogen-bond donors (Lipinski definition) is 3. The van der Waals surface area contributed by atoms with Crippen molar-refractivity contribution >= 4 is 19.3 Å². The molecule has 2 rings (SSSR count). The molecular weight excluding hydrogens is 393 g/mol. The van der Waals surface area contributed by atoms with E-state index in [1.165, 1.54) is 0 Å². The van der Waals surface area contributed by atoms with Crippen molar-refractivity contribution in [3.05, 3.63) is 71.8 Å². The fourth-order valence-electron chi connectivity index (χ4n) is 3.12. The fraction of sp³-hybridized carbons (Fsp3) is 0.333. The first kappa shape index (κ1) is 22.8. The minimum atomic E-state index is -4.26. The number of esters is 1. The SMILES string of the molecule is CC(CN)C(C(=O)OCc1ccccc1)P(=O)(O)CC(C(=O)O)c1ccccc1. The van der Waals surface area contributed by atoms with Gasteiger partial charge in [-0.2, -0.15) is 0 Å². The van der Waals surface area contributed by atoms with Crippen LogP contribution in [-0.2, 0) is 25.5 Å². The summed E-state index contributed by atoms with van der Waals surface area (Å²) in [6.45, 7) is 1.52. The molecule has 0 spiro atoms. The summed E-state index contributed by atoms with van der Waals surface area (Å²) in [6.07, 6.45) is -0.582. The molecule has 0 saturated carbocycles. The molecule has 0 bridgehead atoms. The van der Waals surface area contributed by atoms with Gasteiger partial charge in [0.2, 0.25) is 7.37 Å². The molecule has 0 aliphatic rings. The zero-order valence-electron chi connectivity index (χ0n) is 16.2. The second-order valence-corrected chi connectivity index (χ2v) is 9.42. The van der Waals surface area contributed by atoms with Crippen LogP contribution in [0, 0.1) is 5.92 Å². The van der Waals surface area contributed by atoms with Gasteiger partial charge < -0.3 is 20.5 Å². The third-order valence-electron chi connectivity index (χ3n) is 4.76. The number of carboxylic acid groups (broad SMARTS) is 1. The molecule has 156 valence electrons. The smallest absolute Gasteiger partial charge is 0.319 e. The minimum absolute atomic E-state index is 0.0152. The van der Waals surface area contributed by atoms with E-state index in [-0.39, 0.29) is 13.2 Å². The number of carbonyl (C=O) groups is 2. The Labute approximate surface area is 170 Å². The highest BCUT2D eigenvalue weighted by molar-refractivity contribution is 7.59. The van der Waals surface area contributed by atoms with E-state index in [1.807, 2.05) is 6.07 Å². The maximum Gasteiger partial charge on any atom is 0.319 e. The van der Waals surface area contributed by atoms with Gasteiger partial charge in [-0.3, -0.25) is 14.2 Å². The summed E-state index contributed by atoms with van der Waals surface area (Å²) in [5, 5.41) is 9.59. The van der Waals surface area contributed by atoms with Crippen molar-refractivity contribution in [3.8, 4) is 0 Å². The van der Waals surface area contributed by atoms with E-state index in [9.17, 15) is 24.2 Å². The lowest BCUT2D eigenvalue weighted by molar-refractivity contribution is -0.145. The van der Waals surface area contributed by atoms with Gasteiger partial charge >= 0.3 is 11.9 Å². The van der Waals surface area contributed by atoms with E-state index in [4.69, 9.17) is 10.5 Å². The molecule has 29 heavy (non-hydrogen) atoms. The van der Waals surface area contributed by atoms with E-state index < -0.39 is 43.0 Å². The normalized spacial score (nSPS) is 16.2. The molecule has 0 amide bonds. The van der Waals surface area contributed by atoms with Crippen LogP contribution in [-0.4, -0.2) is 40.3 Å². The monoisotopic (exact) mass is 419 g/mol. The average Bonchev–Trinajstić information content (AvgIpc) is 2.71. The molecule has 2 aromatic carbocycles. The van der Waals surface area contributed by atoms with E-state index in [0.717, 1.165) is 5.56 Å². The number of hydrogen-bond acceptors (Lipinski definition) is 5. The lowest BCUT2D eigenvalue weighted by atomic mass is 10.0. The first-order valence-electron chi connectivity index (χ1n) is 9.26. The van der Waals surface area contributed by atoms with Gasteiger partial charge in [0.1, 0.15) is 12.3 Å². The molecule has 4 N–H and O–H groups in total. The summed E-state index contributed by atoms with van der Waals surface area (Å²) in [6, 6.07) is 17.1. The maximum atomic E-state index is 13.2. The van der Waals surface area contributed by atoms with Crippen molar-refractivity contribution in [2.45, 2.75) is 25.1 Å². The molecule has 2 aromatic rings. The third-order valence-corrected chi connectivity index (χ3v) is 7.23. The number of aliphatic carboxylic acids is 1. The lowest BCUT2D eigenvalue weighted by Gasteiger charge is -2.28. The van der Waals surface area contributed by atoms with E-state index in [0.29, 0.717) is 5.56 Å². The third kappa shape index (κ3) is 6.26. The summed E-state index contributed by atoms with van der Waals surface area (Å²) >= 11 is 0. The van der Waals surface area contributed by atoms with Crippen LogP contribution in [0.15, 0.2) is 60.7 Å². The Morgan fingerprint density at radius 1 is 1.07 bits per heavy atom. The molecular formula is C21H26NO6P. The zero-order chi connectivity index (χ0) is 21.4. The maximum absolute atomic E-state index is 13.2. The van der Waals surface area contributed by atoms with Gasteiger partial charge in [0.05, 0.1) is 5.92 Å². The second-order valence-electron chi connectivity index (χ2n) is 6.99. The molecule has 0 heterocycles. The van der Waals surface area contributed by atoms with Crippen LogP contribution in [0.25, 0.3) is 0 Å². The number of rotatable bonds is 10. The van der Waals surface area contributed by atoms with Crippen molar-refractivity contribution < 1.29 is 28.9 Å². The van der Waals surface area contributed by atoms with Gasteiger partial charge in [0, 0.05) is 6.16 Å². The predicted octanol–water partition coefficient (Wildman–Crippen LogP) is 2.83. The second kappa shape index (κ2) is 10.3. The predicted molar refractivity (Wildman–Crippen MR) is 110 cm³/mol. The molecule has 0 radical (unpaired) electrons. The van der Waals surface area contributed by atoms with Crippen molar-refractivity contribution in [3.63, 3.8) is 0 Å². The zero-order valence-corrected chi connectivity index (χ0v) is 17.1. The minimum Gasteiger partial charge on any atom is -0.481 e. The largest absolute Gasteiger partial charge is 0.481 e. The number of benzene rings is 2. The standard InChI is InChI=1S/C21H26NO6P/c1-15(12-22)19(21(25)28-13-16-8-4-2-5-9-16)29(26,27)14-18(20(23)24)17-10-6-3-7-11-17/h2-11,15,18-19H,12-14,22H2,1H3,(H,23,24)(H,26,27). The Morgan fingerprint density at radius 3 is 2.14 bits per heavy atom. The van der Waals surface area contributed by atoms with E-state index in [2.05, 4.69) is 0 Å². The van der Waals surface area contributed by atoms with Gasteiger partial charge in [0.15, 0.2) is 0 Å². The molecule has 4 unspecified atom stereocenters. The van der Waals surface area contributed by atoms with Gasteiger partial charge in [0.25, 0.3) is 0 Å². The lowest BCUT2D eigenvalue weighted by Crippen LogP contribution is -2.36. The van der Waals surface area contributed by atoms with Gasteiger partial charge in [-0.15, -0.1) is 0 Å². The Morgan fingerprint density at radius 2 is 1.62 bits per heavy atom. The Bertz CT molecular complexity index is 858. The van der Waals surface area contributed by atoms with Gasteiger partial charge in [-0.25, -0.2) is 0 Å². The van der Waals surface area contributed by atoms with Crippen molar-refractivity contribution in [1.82, 2.24) is 0 Å².